The lowest BCUT2D eigenvalue weighted by Gasteiger charge is -2.39. The second-order valence-corrected chi connectivity index (χ2v) is 2.77. The summed E-state index contributed by atoms with van der Waals surface area (Å²) < 4.78 is 0. The molecule has 52 valence electrons. The molecule has 0 aromatic carbocycles. The standard InChI is InChI=1S/C6H10O3/c1-4(7)5-6(2,3)9-8-5/h5H,1-3H3. The smallest absolute Gasteiger partial charge is 0.182 e. The average Bonchev–Trinajstić information content (AvgIpc) is 1.62. The van der Waals surface area contributed by atoms with E-state index in [0.717, 1.165) is 0 Å². The summed E-state index contributed by atoms with van der Waals surface area (Å²) >= 11 is 0. The van der Waals surface area contributed by atoms with Gasteiger partial charge >= 0.3 is 0 Å². The first-order valence-corrected chi connectivity index (χ1v) is 2.89. The molecule has 0 aromatic heterocycles. The van der Waals surface area contributed by atoms with E-state index in [1.807, 2.05) is 13.8 Å². The number of ketones is 1. The van der Waals surface area contributed by atoms with Gasteiger partial charge in [-0.25, -0.2) is 9.78 Å². The van der Waals surface area contributed by atoms with Gasteiger partial charge in [0, 0.05) is 0 Å². The van der Waals surface area contributed by atoms with Crippen LogP contribution < -0.4 is 0 Å². The maximum atomic E-state index is 10.6. The van der Waals surface area contributed by atoms with Gasteiger partial charge in [0.25, 0.3) is 0 Å². The predicted octanol–water partition coefficient (Wildman–Crippen LogP) is 0.684. The van der Waals surface area contributed by atoms with Crippen LogP contribution in [0.15, 0.2) is 0 Å². The van der Waals surface area contributed by atoms with Crippen LogP contribution >= 0.6 is 0 Å². The van der Waals surface area contributed by atoms with Gasteiger partial charge in [0.05, 0.1) is 0 Å². The molecule has 1 heterocycles. The number of carbonyl (C=O) groups is 1. The van der Waals surface area contributed by atoms with Crippen LogP contribution in [-0.4, -0.2) is 17.5 Å². The lowest BCUT2D eigenvalue weighted by atomic mass is 9.97. The van der Waals surface area contributed by atoms with E-state index in [1.54, 1.807) is 0 Å². The quantitative estimate of drug-likeness (QED) is 0.490. The van der Waals surface area contributed by atoms with Crippen molar-refractivity contribution in [1.82, 2.24) is 0 Å². The van der Waals surface area contributed by atoms with E-state index < -0.39 is 5.60 Å². The number of rotatable bonds is 1. The van der Waals surface area contributed by atoms with Crippen LogP contribution in [0.3, 0.4) is 0 Å². The third-order valence-electron chi connectivity index (χ3n) is 1.36. The third-order valence-corrected chi connectivity index (χ3v) is 1.36. The zero-order chi connectivity index (χ0) is 7.07. The van der Waals surface area contributed by atoms with Crippen LogP contribution in [0.1, 0.15) is 20.8 Å². The minimum atomic E-state index is -0.411. The maximum Gasteiger partial charge on any atom is 0.182 e. The van der Waals surface area contributed by atoms with Crippen LogP contribution in [0.25, 0.3) is 0 Å². The molecule has 1 atom stereocenters. The van der Waals surface area contributed by atoms with E-state index in [0.29, 0.717) is 0 Å². The average molecular weight is 130 g/mol. The van der Waals surface area contributed by atoms with Crippen molar-refractivity contribution in [3.8, 4) is 0 Å². The van der Waals surface area contributed by atoms with Gasteiger partial charge < -0.3 is 0 Å². The lowest BCUT2D eigenvalue weighted by molar-refractivity contribution is -0.486. The molecule has 0 aromatic rings. The molecule has 1 aliphatic rings. The Kier molecular flexibility index (Phi) is 1.33. The van der Waals surface area contributed by atoms with Crippen molar-refractivity contribution in [2.75, 3.05) is 0 Å². The topological polar surface area (TPSA) is 35.5 Å². The number of carbonyl (C=O) groups excluding carboxylic acids is 1. The summed E-state index contributed by atoms with van der Waals surface area (Å²) in [7, 11) is 0. The van der Waals surface area contributed by atoms with Crippen molar-refractivity contribution < 1.29 is 14.6 Å². The molecule has 0 saturated carbocycles. The zero-order valence-electron chi connectivity index (χ0n) is 5.80. The molecule has 0 amide bonds. The zero-order valence-corrected chi connectivity index (χ0v) is 5.80. The summed E-state index contributed by atoms with van der Waals surface area (Å²) in [4.78, 5) is 19.9. The first kappa shape index (κ1) is 6.71. The molecule has 1 saturated heterocycles. The summed E-state index contributed by atoms with van der Waals surface area (Å²) in [6, 6.07) is 0. The normalized spacial score (nSPS) is 31.2. The van der Waals surface area contributed by atoms with Crippen molar-refractivity contribution in [3.63, 3.8) is 0 Å². The van der Waals surface area contributed by atoms with E-state index in [9.17, 15) is 4.79 Å². The van der Waals surface area contributed by atoms with E-state index in [4.69, 9.17) is 0 Å². The Labute approximate surface area is 53.9 Å². The van der Waals surface area contributed by atoms with E-state index in [-0.39, 0.29) is 11.9 Å². The van der Waals surface area contributed by atoms with Crippen molar-refractivity contribution in [1.29, 1.82) is 0 Å². The van der Waals surface area contributed by atoms with Crippen LogP contribution in [0.4, 0.5) is 0 Å². The highest BCUT2D eigenvalue weighted by atomic mass is 17.3. The van der Waals surface area contributed by atoms with Crippen LogP contribution in [0, 0.1) is 0 Å². The summed E-state index contributed by atoms with van der Waals surface area (Å²) in [6.07, 6.45) is -0.363. The Morgan fingerprint density at radius 3 is 2.11 bits per heavy atom. The highest BCUT2D eigenvalue weighted by Crippen LogP contribution is 2.29. The number of hydrogen-bond donors (Lipinski definition) is 0. The summed E-state index contributed by atoms with van der Waals surface area (Å²) in [5, 5.41) is 0. The molecule has 0 aliphatic carbocycles. The third kappa shape index (κ3) is 0.976. The molecule has 0 spiro atoms. The molecular weight excluding hydrogens is 120 g/mol. The van der Waals surface area contributed by atoms with Crippen molar-refractivity contribution in [2.24, 2.45) is 0 Å². The number of hydrogen-bond acceptors (Lipinski definition) is 3. The minimum Gasteiger partial charge on any atom is -0.297 e. The molecule has 0 radical (unpaired) electrons. The van der Waals surface area contributed by atoms with E-state index in [2.05, 4.69) is 9.78 Å². The fourth-order valence-corrected chi connectivity index (χ4v) is 0.846. The van der Waals surface area contributed by atoms with Gasteiger partial charge in [-0.2, -0.15) is 0 Å². The Balaban J connectivity index is 2.55. The monoisotopic (exact) mass is 130 g/mol. The van der Waals surface area contributed by atoms with Gasteiger partial charge in [-0.1, -0.05) is 0 Å². The lowest BCUT2D eigenvalue weighted by Crippen LogP contribution is -2.55. The second-order valence-electron chi connectivity index (χ2n) is 2.77. The Hall–Kier alpha value is -0.410. The van der Waals surface area contributed by atoms with E-state index in [1.165, 1.54) is 6.92 Å². The van der Waals surface area contributed by atoms with Gasteiger partial charge in [-0.3, -0.25) is 4.79 Å². The molecule has 1 unspecified atom stereocenters. The fourth-order valence-electron chi connectivity index (χ4n) is 0.846. The summed E-state index contributed by atoms with van der Waals surface area (Å²) in [5.74, 6) is 0.0197. The molecule has 0 bridgehead atoms. The molecule has 1 aliphatic heterocycles. The first-order chi connectivity index (χ1) is 4.04. The largest absolute Gasteiger partial charge is 0.297 e. The molecular formula is C6H10O3. The van der Waals surface area contributed by atoms with Gasteiger partial charge in [-0.05, 0) is 20.8 Å². The Morgan fingerprint density at radius 1 is 1.56 bits per heavy atom. The molecule has 1 rings (SSSR count). The van der Waals surface area contributed by atoms with Gasteiger partial charge in [0.1, 0.15) is 5.60 Å². The summed E-state index contributed by atoms with van der Waals surface area (Å²) in [5.41, 5.74) is -0.411. The summed E-state index contributed by atoms with van der Waals surface area (Å²) in [6.45, 7) is 5.14. The van der Waals surface area contributed by atoms with Crippen molar-refractivity contribution in [3.05, 3.63) is 0 Å². The van der Waals surface area contributed by atoms with Crippen LogP contribution in [0.2, 0.25) is 0 Å². The van der Waals surface area contributed by atoms with Crippen molar-refractivity contribution in [2.45, 2.75) is 32.5 Å². The van der Waals surface area contributed by atoms with Crippen LogP contribution in [-0.2, 0) is 14.6 Å². The van der Waals surface area contributed by atoms with Crippen LogP contribution in [0.5, 0.6) is 0 Å². The molecule has 1 fully saturated rings. The maximum absolute atomic E-state index is 10.6. The Bertz CT molecular complexity index is 139. The van der Waals surface area contributed by atoms with Crippen molar-refractivity contribution >= 4 is 5.78 Å². The Morgan fingerprint density at radius 2 is 2.11 bits per heavy atom. The van der Waals surface area contributed by atoms with E-state index >= 15 is 0 Å². The first-order valence-electron chi connectivity index (χ1n) is 2.89. The molecule has 3 nitrogen and oxygen atoms in total. The van der Waals surface area contributed by atoms with Gasteiger partial charge in [0.2, 0.25) is 0 Å². The molecule has 3 heteroatoms. The number of Topliss-reactive ketones (excluding diaryl/α,β-unsaturated/α-hetero) is 1. The minimum absolute atomic E-state index is 0.0197. The van der Waals surface area contributed by atoms with Gasteiger partial charge in [-0.15, -0.1) is 0 Å². The SMILES string of the molecule is CC(=O)C1OOC1(C)C. The van der Waals surface area contributed by atoms with Gasteiger partial charge in [0.15, 0.2) is 11.9 Å². The highest BCUT2D eigenvalue weighted by molar-refractivity contribution is 5.82. The highest BCUT2D eigenvalue weighted by Gasteiger charge is 2.46. The molecule has 0 N–H and O–H groups in total. The second kappa shape index (κ2) is 1.78. The fraction of sp³-hybridized carbons (Fsp3) is 0.833. The predicted molar refractivity (Wildman–Crippen MR) is 30.7 cm³/mol. The molecule has 9 heavy (non-hydrogen) atoms.